The molecule has 1 rings (SSSR count). The van der Waals surface area contributed by atoms with Gasteiger partial charge in [0.15, 0.2) is 0 Å². The molecule has 9 heavy (non-hydrogen) atoms. The largest absolute Gasteiger partial charge is 0.115 e. The van der Waals surface area contributed by atoms with Crippen molar-refractivity contribution in [3.63, 3.8) is 0 Å². The van der Waals surface area contributed by atoms with E-state index in [2.05, 4.69) is 5.88 Å². The molecule has 0 saturated heterocycles. The Kier molecular flexibility index (Phi) is 2.59. The summed E-state index contributed by atoms with van der Waals surface area (Å²) in [6.45, 7) is 0. The van der Waals surface area contributed by atoms with E-state index in [0.717, 1.165) is 6.42 Å². The fraction of sp³-hybridized carbons (Fsp3) is 0.125. The normalized spacial score (nSPS) is 9.44. The van der Waals surface area contributed by atoms with Crippen molar-refractivity contribution >= 4 is 11.6 Å². The van der Waals surface area contributed by atoms with E-state index in [1.807, 2.05) is 30.3 Å². The molecule has 0 atom stereocenters. The standard InChI is InChI=1S/C8H7Cl/c9-7-6-8-4-2-1-3-5-8/h1-5H,6H2. The lowest BCUT2D eigenvalue weighted by atomic mass is 10.2. The van der Waals surface area contributed by atoms with E-state index in [0.29, 0.717) is 0 Å². The van der Waals surface area contributed by atoms with E-state index in [-0.39, 0.29) is 0 Å². The van der Waals surface area contributed by atoms with Crippen molar-refractivity contribution in [1.82, 2.24) is 0 Å². The molecule has 0 nitrogen and oxygen atoms in total. The second-order valence-corrected chi connectivity index (χ2v) is 2.06. The highest BCUT2D eigenvalue weighted by molar-refractivity contribution is 6.23. The molecule has 46 valence electrons. The van der Waals surface area contributed by atoms with Crippen molar-refractivity contribution in [3.05, 3.63) is 41.8 Å². The Hall–Kier alpha value is -0.490. The Bertz CT molecular complexity index is 157. The monoisotopic (exact) mass is 138 g/mol. The number of rotatable bonds is 2. The van der Waals surface area contributed by atoms with Crippen molar-refractivity contribution < 1.29 is 0 Å². The molecule has 0 aliphatic rings. The van der Waals surface area contributed by atoms with Crippen LogP contribution in [0.1, 0.15) is 5.56 Å². The average Bonchev–Trinajstić information content (AvgIpc) is 1.91. The minimum absolute atomic E-state index is 0.725. The van der Waals surface area contributed by atoms with E-state index in [1.165, 1.54) is 5.56 Å². The fourth-order valence-corrected chi connectivity index (χ4v) is 0.827. The van der Waals surface area contributed by atoms with Crippen LogP contribution in [0.15, 0.2) is 30.3 Å². The van der Waals surface area contributed by atoms with Gasteiger partial charge < -0.3 is 0 Å². The molecule has 0 aromatic heterocycles. The van der Waals surface area contributed by atoms with Crippen LogP contribution in [-0.2, 0) is 6.42 Å². The molecule has 0 amide bonds. The van der Waals surface area contributed by atoms with E-state index in [1.54, 1.807) is 0 Å². The first-order chi connectivity index (χ1) is 4.43. The zero-order valence-corrected chi connectivity index (χ0v) is 5.73. The molecule has 0 N–H and O–H groups in total. The molecule has 1 aromatic rings. The molecule has 0 unspecified atom stereocenters. The number of halogens is 1. The fourth-order valence-electron chi connectivity index (χ4n) is 0.673. The molecule has 2 radical (unpaired) electrons. The molecule has 0 heterocycles. The summed E-state index contributed by atoms with van der Waals surface area (Å²) < 4.78 is 0. The zero-order valence-electron chi connectivity index (χ0n) is 4.97. The van der Waals surface area contributed by atoms with E-state index < -0.39 is 0 Å². The van der Waals surface area contributed by atoms with Gasteiger partial charge in [0.05, 0.1) is 5.88 Å². The van der Waals surface area contributed by atoms with Gasteiger partial charge in [-0.15, -0.1) is 11.6 Å². The summed E-state index contributed by atoms with van der Waals surface area (Å²) in [5.74, 6) is 2.56. The van der Waals surface area contributed by atoms with Gasteiger partial charge >= 0.3 is 0 Å². The van der Waals surface area contributed by atoms with Gasteiger partial charge in [-0.05, 0) is 12.0 Å². The highest BCUT2D eigenvalue weighted by Gasteiger charge is 1.86. The molecule has 1 aromatic carbocycles. The van der Waals surface area contributed by atoms with Crippen molar-refractivity contribution in [2.45, 2.75) is 6.42 Å². The Morgan fingerprint density at radius 3 is 2.44 bits per heavy atom. The first kappa shape index (κ1) is 6.63. The Labute approximate surface area is 60.5 Å². The maximum absolute atomic E-state index is 5.29. The second-order valence-electron chi connectivity index (χ2n) is 1.80. The SMILES string of the molecule is Cl[C]Cc1ccccc1. The first-order valence-electron chi connectivity index (χ1n) is 2.81. The molecule has 0 bridgehead atoms. The number of hydrogen-bond acceptors (Lipinski definition) is 0. The number of benzene rings is 1. The van der Waals surface area contributed by atoms with Crippen LogP contribution in [0.25, 0.3) is 0 Å². The lowest BCUT2D eigenvalue weighted by Crippen LogP contribution is -1.78. The molecular formula is C8H7Cl. The van der Waals surface area contributed by atoms with Crippen LogP contribution in [0.4, 0.5) is 0 Å². The average molecular weight is 139 g/mol. The van der Waals surface area contributed by atoms with E-state index >= 15 is 0 Å². The van der Waals surface area contributed by atoms with Crippen molar-refractivity contribution in [2.75, 3.05) is 0 Å². The molecule has 0 spiro atoms. The third-order valence-electron chi connectivity index (χ3n) is 1.11. The quantitative estimate of drug-likeness (QED) is 0.589. The van der Waals surface area contributed by atoms with Gasteiger partial charge in [0, 0.05) is 0 Å². The van der Waals surface area contributed by atoms with Crippen LogP contribution < -0.4 is 0 Å². The van der Waals surface area contributed by atoms with Crippen LogP contribution in [0.5, 0.6) is 0 Å². The van der Waals surface area contributed by atoms with Gasteiger partial charge in [-0.1, -0.05) is 30.3 Å². The topological polar surface area (TPSA) is 0 Å². The minimum Gasteiger partial charge on any atom is -0.115 e. The Morgan fingerprint density at radius 2 is 1.89 bits per heavy atom. The third kappa shape index (κ3) is 2.06. The summed E-state index contributed by atoms with van der Waals surface area (Å²) in [4.78, 5) is 0. The molecule has 0 fully saturated rings. The maximum Gasteiger partial charge on any atom is 0.0911 e. The summed E-state index contributed by atoms with van der Waals surface area (Å²) >= 11 is 5.29. The smallest absolute Gasteiger partial charge is 0.0911 e. The van der Waals surface area contributed by atoms with Crippen molar-refractivity contribution in [1.29, 1.82) is 0 Å². The van der Waals surface area contributed by atoms with Gasteiger partial charge in [-0.25, -0.2) is 0 Å². The summed E-state index contributed by atoms with van der Waals surface area (Å²) in [6, 6.07) is 10.0. The van der Waals surface area contributed by atoms with Gasteiger partial charge in [0.25, 0.3) is 0 Å². The Balaban J connectivity index is 2.61. The van der Waals surface area contributed by atoms with Crippen LogP contribution in [0, 0.1) is 5.88 Å². The molecular weight excluding hydrogens is 132 g/mol. The summed E-state index contributed by atoms with van der Waals surface area (Å²) in [5, 5.41) is 0. The van der Waals surface area contributed by atoms with Gasteiger partial charge in [-0.2, -0.15) is 0 Å². The minimum atomic E-state index is 0.725. The molecule has 0 aliphatic heterocycles. The number of hydrogen-bond donors (Lipinski definition) is 0. The summed E-state index contributed by atoms with van der Waals surface area (Å²) in [5.41, 5.74) is 1.20. The van der Waals surface area contributed by atoms with Crippen molar-refractivity contribution in [2.24, 2.45) is 0 Å². The van der Waals surface area contributed by atoms with Crippen molar-refractivity contribution in [3.8, 4) is 0 Å². The van der Waals surface area contributed by atoms with Crippen LogP contribution in [-0.4, -0.2) is 0 Å². The highest BCUT2D eigenvalue weighted by Crippen LogP contribution is 2.02. The predicted octanol–water partition coefficient (Wildman–Crippen LogP) is 2.51. The summed E-state index contributed by atoms with van der Waals surface area (Å²) in [6.07, 6.45) is 0.725. The van der Waals surface area contributed by atoms with E-state index in [9.17, 15) is 0 Å². The first-order valence-corrected chi connectivity index (χ1v) is 3.18. The van der Waals surface area contributed by atoms with Gasteiger partial charge in [0.2, 0.25) is 0 Å². The Morgan fingerprint density at radius 1 is 1.22 bits per heavy atom. The lowest BCUT2D eigenvalue weighted by molar-refractivity contribution is 1.24. The molecule has 0 aliphatic carbocycles. The van der Waals surface area contributed by atoms with Gasteiger partial charge in [-0.3, -0.25) is 0 Å². The van der Waals surface area contributed by atoms with Crippen LogP contribution in [0.3, 0.4) is 0 Å². The van der Waals surface area contributed by atoms with Gasteiger partial charge in [0.1, 0.15) is 0 Å². The second kappa shape index (κ2) is 3.52. The lowest BCUT2D eigenvalue weighted by Gasteiger charge is -1.91. The van der Waals surface area contributed by atoms with Crippen LogP contribution in [0.2, 0.25) is 0 Å². The van der Waals surface area contributed by atoms with Crippen LogP contribution >= 0.6 is 11.6 Å². The maximum atomic E-state index is 5.29. The zero-order chi connectivity index (χ0) is 6.53. The highest BCUT2D eigenvalue weighted by atomic mass is 35.5. The molecule has 1 heteroatoms. The summed E-state index contributed by atoms with van der Waals surface area (Å²) in [7, 11) is 0. The predicted molar refractivity (Wildman–Crippen MR) is 39.2 cm³/mol. The third-order valence-corrected chi connectivity index (χ3v) is 1.25. The molecule has 0 saturated carbocycles. The van der Waals surface area contributed by atoms with E-state index in [4.69, 9.17) is 11.6 Å².